The van der Waals surface area contributed by atoms with Gasteiger partial charge >= 0.3 is 0 Å². The van der Waals surface area contributed by atoms with E-state index in [1.165, 1.54) is 0 Å². The lowest BCUT2D eigenvalue weighted by atomic mass is 10.1. The van der Waals surface area contributed by atoms with E-state index in [2.05, 4.69) is 22.3 Å². The second kappa shape index (κ2) is 8.18. The van der Waals surface area contributed by atoms with E-state index >= 15 is 0 Å². The van der Waals surface area contributed by atoms with Gasteiger partial charge in [-0.3, -0.25) is 9.59 Å². The molecule has 2 amide bonds. The molecule has 2 rings (SSSR count). The number of para-hydroxylation sites is 1. The number of hydrogen-bond acceptors (Lipinski definition) is 3. The second-order valence-electron chi connectivity index (χ2n) is 6.97. The predicted molar refractivity (Wildman–Crippen MR) is 96.8 cm³/mol. The molecular formula is C19H29N3O2. The summed E-state index contributed by atoms with van der Waals surface area (Å²) < 4.78 is 0. The van der Waals surface area contributed by atoms with Crippen LogP contribution in [0.1, 0.15) is 33.3 Å². The molecule has 1 N–H and O–H groups in total. The van der Waals surface area contributed by atoms with Gasteiger partial charge in [0.1, 0.15) is 0 Å². The Kier molecular flexibility index (Phi) is 6.23. The molecule has 0 radical (unpaired) electrons. The number of anilines is 1. The Balaban J connectivity index is 2.00. The van der Waals surface area contributed by atoms with E-state index in [1.807, 2.05) is 44.7 Å². The van der Waals surface area contributed by atoms with Crippen LogP contribution < -0.4 is 10.2 Å². The minimum atomic E-state index is -0.0113. The molecule has 0 spiro atoms. The van der Waals surface area contributed by atoms with Crippen LogP contribution in [0, 0.1) is 11.8 Å². The normalized spacial score (nSPS) is 15.1. The number of hydrogen-bond donors (Lipinski definition) is 1. The third-order valence-corrected chi connectivity index (χ3v) is 4.39. The van der Waals surface area contributed by atoms with E-state index in [9.17, 15) is 9.59 Å². The van der Waals surface area contributed by atoms with Crippen molar-refractivity contribution in [3.63, 3.8) is 0 Å². The van der Waals surface area contributed by atoms with Crippen molar-refractivity contribution in [2.24, 2.45) is 11.8 Å². The third-order valence-electron chi connectivity index (χ3n) is 4.39. The SMILES string of the molecule is CC(C)C(=O)NCc1ccccc1N1CCN(C(=O)C(C)C)CC1. The smallest absolute Gasteiger partial charge is 0.225 e. The van der Waals surface area contributed by atoms with Crippen molar-refractivity contribution in [3.05, 3.63) is 29.8 Å². The molecule has 1 aromatic carbocycles. The zero-order valence-electron chi connectivity index (χ0n) is 15.2. The fourth-order valence-corrected chi connectivity index (χ4v) is 2.89. The van der Waals surface area contributed by atoms with Crippen LogP contribution in [-0.2, 0) is 16.1 Å². The van der Waals surface area contributed by atoms with E-state index in [4.69, 9.17) is 0 Å². The Bertz CT molecular complexity index is 576. The molecule has 5 nitrogen and oxygen atoms in total. The molecule has 1 aliphatic rings. The quantitative estimate of drug-likeness (QED) is 0.900. The van der Waals surface area contributed by atoms with Gasteiger partial charge in [-0.2, -0.15) is 0 Å². The molecule has 5 heteroatoms. The molecule has 1 heterocycles. The lowest BCUT2D eigenvalue weighted by Crippen LogP contribution is -2.50. The van der Waals surface area contributed by atoms with Crippen molar-refractivity contribution >= 4 is 17.5 Å². The Morgan fingerprint density at radius 1 is 1.00 bits per heavy atom. The highest BCUT2D eigenvalue weighted by Crippen LogP contribution is 2.22. The van der Waals surface area contributed by atoms with Crippen LogP contribution in [0.25, 0.3) is 0 Å². The van der Waals surface area contributed by atoms with E-state index in [-0.39, 0.29) is 23.7 Å². The van der Waals surface area contributed by atoms with Gasteiger partial charge in [-0.15, -0.1) is 0 Å². The van der Waals surface area contributed by atoms with Gasteiger partial charge in [0.25, 0.3) is 0 Å². The zero-order chi connectivity index (χ0) is 17.7. The lowest BCUT2D eigenvalue weighted by molar-refractivity contribution is -0.134. The van der Waals surface area contributed by atoms with Crippen molar-refractivity contribution in [2.75, 3.05) is 31.1 Å². The number of nitrogens with zero attached hydrogens (tertiary/aromatic N) is 2. The van der Waals surface area contributed by atoms with Crippen LogP contribution in [0.15, 0.2) is 24.3 Å². The molecule has 1 aromatic rings. The first kappa shape index (κ1) is 18.3. The van der Waals surface area contributed by atoms with Gasteiger partial charge in [0.05, 0.1) is 0 Å². The number of amides is 2. The second-order valence-corrected chi connectivity index (χ2v) is 6.97. The van der Waals surface area contributed by atoms with E-state index in [0.29, 0.717) is 6.54 Å². The van der Waals surface area contributed by atoms with Crippen LogP contribution in [0.4, 0.5) is 5.69 Å². The van der Waals surface area contributed by atoms with E-state index in [0.717, 1.165) is 37.4 Å². The summed E-state index contributed by atoms with van der Waals surface area (Å²) in [5, 5.41) is 2.99. The molecule has 0 atom stereocenters. The van der Waals surface area contributed by atoms with E-state index in [1.54, 1.807) is 0 Å². The summed E-state index contributed by atoms with van der Waals surface area (Å²) in [6, 6.07) is 8.17. The number of carbonyl (C=O) groups excluding carboxylic acids is 2. The van der Waals surface area contributed by atoms with E-state index < -0.39 is 0 Å². The molecule has 1 saturated heterocycles. The van der Waals surface area contributed by atoms with Crippen LogP contribution >= 0.6 is 0 Å². The third kappa shape index (κ3) is 4.49. The van der Waals surface area contributed by atoms with Crippen molar-refractivity contribution < 1.29 is 9.59 Å². The van der Waals surface area contributed by atoms with Crippen LogP contribution in [0.5, 0.6) is 0 Å². The van der Waals surface area contributed by atoms with Crippen LogP contribution in [0.2, 0.25) is 0 Å². The van der Waals surface area contributed by atoms with Gasteiger partial charge < -0.3 is 15.1 Å². The van der Waals surface area contributed by atoms with Crippen LogP contribution in [-0.4, -0.2) is 42.9 Å². The highest BCUT2D eigenvalue weighted by Gasteiger charge is 2.23. The summed E-state index contributed by atoms with van der Waals surface area (Å²) in [6.07, 6.45) is 0. The molecule has 24 heavy (non-hydrogen) atoms. The largest absolute Gasteiger partial charge is 0.368 e. The Hall–Kier alpha value is -2.04. The predicted octanol–water partition coefficient (Wildman–Crippen LogP) is 2.26. The molecule has 0 unspecified atom stereocenters. The van der Waals surface area contributed by atoms with Gasteiger partial charge in [-0.25, -0.2) is 0 Å². The van der Waals surface area contributed by atoms with Crippen LogP contribution in [0.3, 0.4) is 0 Å². The molecule has 0 aromatic heterocycles. The molecule has 0 saturated carbocycles. The topological polar surface area (TPSA) is 52.7 Å². The van der Waals surface area contributed by atoms with Gasteiger partial charge in [0.2, 0.25) is 11.8 Å². The maximum Gasteiger partial charge on any atom is 0.225 e. The standard InChI is InChI=1S/C19H29N3O2/c1-14(2)18(23)20-13-16-7-5-6-8-17(16)21-9-11-22(12-10-21)19(24)15(3)4/h5-8,14-15H,9-13H2,1-4H3,(H,20,23). The molecule has 0 bridgehead atoms. The molecule has 132 valence electrons. The highest BCUT2D eigenvalue weighted by atomic mass is 16.2. The Morgan fingerprint density at radius 2 is 1.62 bits per heavy atom. The summed E-state index contributed by atoms with van der Waals surface area (Å²) in [5.41, 5.74) is 2.27. The van der Waals surface area contributed by atoms with Crippen molar-refractivity contribution in [1.82, 2.24) is 10.2 Å². The number of benzene rings is 1. The monoisotopic (exact) mass is 331 g/mol. The summed E-state index contributed by atoms with van der Waals surface area (Å²) >= 11 is 0. The number of rotatable bonds is 5. The summed E-state index contributed by atoms with van der Waals surface area (Å²) in [4.78, 5) is 28.2. The first-order valence-corrected chi connectivity index (χ1v) is 8.79. The zero-order valence-corrected chi connectivity index (χ0v) is 15.2. The minimum absolute atomic E-state index is 0.0113. The summed E-state index contributed by atoms with van der Waals surface area (Å²) in [6.45, 7) is 11.4. The van der Waals surface area contributed by atoms with Crippen molar-refractivity contribution in [3.8, 4) is 0 Å². The molecular weight excluding hydrogens is 302 g/mol. The van der Waals surface area contributed by atoms with Gasteiger partial charge in [0, 0.05) is 50.2 Å². The summed E-state index contributed by atoms with van der Waals surface area (Å²) in [7, 11) is 0. The van der Waals surface area contributed by atoms with Gasteiger partial charge in [0.15, 0.2) is 0 Å². The maximum atomic E-state index is 12.1. The number of carbonyl (C=O) groups is 2. The molecule has 0 aliphatic carbocycles. The first-order valence-electron chi connectivity index (χ1n) is 8.79. The first-order chi connectivity index (χ1) is 11.4. The fraction of sp³-hybridized carbons (Fsp3) is 0.579. The van der Waals surface area contributed by atoms with Crippen molar-refractivity contribution in [2.45, 2.75) is 34.2 Å². The Labute approximate surface area is 145 Å². The maximum absolute atomic E-state index is 12.1. The minimum Gasteiger partial charge on any atom is -0.368 e. The fourth-order valence-electron chi connectivity index (χ4n) is 2.89. The molecule has 1 aliphatic heterocycles. The number of nitrogens with one attached hydrogen (secondary N) is 1. The summed E-state index contributed by atoms with van der Waals surface area (Å²) in [5.74, 6) is 0.335. The lowest BCUT2D eigenvalue weighted by Gasteiger charge is -2.37. The highest BCUT2D eigenvalue weighted by molar-refractivity contribution is 5.79. The average molecular weight is 331 g/mol. The van der Waals surface area contributed by atoms with Gasteiger partial charge in [-0.1, -0.05) is 45.9 Å². The van der Waals surface area contributed by atoms with Crippen molar-refractivity contribution in [1.29, 1.82) is 0 Å². The van der Waals surface area contributed by atoms with Gasteiger partial charge in [-0.05, 0) is 11.6 Å². The Morgan fingerprint density at radius 3 is 2.21 bits per heavy atom. The molecule has 1 fully saturated rings. The average Bonchev–Trinajstić information content (AvgIpc) is 2.59. The number of piperazine rings is 1.